The Kier molecular flexibility index (Phi) is 6.19. The average molecular weight is 381 g/mol. The summed E-state index contributed by atoms with van der Waals surface area (Å²) in [7, 11) is 1.58. The number of likely N-dealkylation sites (tertiary alicyclic amines) is 1. The van der Waals surface area contributed by atoms with Gasteiger partial charge in [-0.05, 0) is 56.0 Å². The Hall–Kier alpha value is -3.02. The van der Waals surface area contributed by atoms with E-state index >= 15 is 0 Å². The molecule has 1 aliphatic rings. The lowest BCUT2D eigenvalue weighted by molar-refractivity contribution is -0.121. The van der Waals surface area contributed by atoms with E-state index in [1.807, 2.05) is 56.3 Å². The zero-order valence-corrected chi connectivity index (χ0v) is 16.6. The maximum absolute atomic E-state index is 12.6. The van der Waals surface area contributed by atoms with Crippen molar-refractivity contribution in [3.05, 3.63) is 53.6 Å². The van der Waals surface area contributed by atoms with Gasteiger partial charge in [-0.3, -0.25) is 4.79 Å². The van der Waals surface area contributed by atoms with Gasteiger partial charge in [0, 0.05) is 24.7 Å². The van der Waals surface area contributed by atoms with Crippen molar-refractivity contribution in [2.24, 2.45) is 5.92 Å². The molecule has 0 aliphatic carbocycles. The number of urea groups is 1. The first-order chi connectivity index (χ1) is 13.5. The molecule has 0 bridgehead atoms. The van der Waals surface area contributed by atoms with E-state index in [1.165, 1.54) is 0 Å². The fourth-order valence-electron chi connectivity index (χ4n) is 3.39. The number of nitrogens with zero attached hydrogens (tertiary/aromatic N) is 1. The molecule has 6 heteroatoms. The van der Waals surface area contributed by atoms with Crippen LogP contribution in [0.3, 0.4) is 0 Å². The van der Waals surface area contributed by atoms with Crippen LogP contribution in [0.15, 0.2) is 42.5 Å². The lowest BCUT2D eigenvalue weighted by Crippen LogP contribution is -2.43. The molecular formula is C22H27N3O3. The lowest BCUT2D eigenvalue weighted by Gasteiger charge is -2.31. The highest BCUT2D eigenvalue weighted by molar-refractivity contribution is 5.94. The molecule has 1 saturated heterocycles. The molecule has 2 N–H and O–H groups in total. The minimum atomic E-state index is -0.116. The van der Waals surface area contributed by atoms with Crippen molar-refractivity contribution >= 4 is 23.3 Å². The molecule has 3 rings (SSSR count). The summed E-state index contributed by atoms with van der Waals surface area (Å²) in [5, 5.41) is 5.94. The van der Waals surface area contributed by atoms with E-state index < -0.39 is 0 Å². The van der Waals surface area contributed by atoms with Gasteiger partial charge in [-0.15, -0.1) is 0 Å². The van der Waals surface area contributed by atoms with Crippen molar-refractivity contribution in [2.45, 2.75) is 26.7 Å². The Bertz CT molecular complexity index is 858. The Morgan fingerprint density at radius 2 is 1.71 bits per heavy atom. The third kappa shape index (κ3) is 4.63. The van der Waals surface area contributed by atoms with Crippen molar-refractivity contribution in [2.75, 3.05) is 30.8 Å². The molecule has 6 nitrogen and oxygen atoms in total. The summed E-state index contributed by atoms with van der Waals surface area (Å²) in [6, 6.07) is 13.2. The number of nitrogens with one attached hydrogen (secondary N) is 2. The zero-order valence-electron chi connectivity index (χ0n) is 16.6. The van der Waals surface area contributed by atoms with Crippen molar-refractivity contribution in [1.29, 1.82) is 0 Å². The number of aryl methyl sites for hydroxylation is 2. The number of hydrogen-bond donors (Lipinski definition) is 2. The maximum Gasteiger partial charge on any atom is 0.321 e. The molecule has 2 aromatic carbocycles. The first-order valence-electron chi connectivity index (χ1n) is 9.55. The first-order valence-corrected chi connectivity index (χ1v) is 9.55. The Morgan fingerprint density at radius 3 is 2.43 bits per heavy atom. The van der Waals surface area contributed by atoms with Gasteiger partial charge in [0.05, 0.1) is 12.8 Å². The van der Waals surface area contributed by atoms with Gasteiger partial charge in [0.1, 0.15) is 5.75 Å². The second kappa shape index (κ2) is 8.78. The molecule has 0 atom stereocenters. The Morgan fingerprint density at radius 1 is 1.00 bits per heavy atom. The summed E-state index contributed by atoms with van der Waals surface area (Å²) in [6.07, 6.45) is 1.28. The second-order valence-corrected chi connectivity index (χ2v) is 7.20. The fraction of sp³-hybridized carbons (Fsp3) is 0.364. The molecule has 0 unspecified atom stereocenters. The number of amides is 3. The van der Waals surface area contributed by atoms with Gasteiger partial charge < -0.3 is 20.3 Å². The highest BCUT2D eigenvalue weighted by Crippen LogP contribution is 2.26. The summed E-state index contributed by atoms with van der Waals surface area (Å²) >= 11 is 0. The Balaban J connectivity index is 1.54. The van der Waals surface area contributed by atoms with Crippen molar-refractivity contribution in [1.82, 2.24) is 4.90 Å². The van der Waals surface area contributed by atoms with Crippen molar-refractivity contribution in [3.8, 4) is 5.75 Å². The molecule has 0 aromatic heterocycles. The number of ether oxygens (including phenoxy) is 1. The summed E-state index contributed by atoms with van der Waals surface area (Å²) < 4.78 is 5.28. The van der Waals surface area contributed by atoms with Crippen LogP contribution in [0.2, 0.25) is 0 Å². The molecule has 0 spiro atoms. The van der Waals surface area contributed by atoms with Crippen LogP contribution in [0, 0.1) is 19.8 Å². The van der Waals surface area contributed by atoms with E-state index in [0.29, 0.717) is 37.4 Å². The number of carbonyl (C=O) groups is 2. The van der Waals surface area contributed by atoms with Gasteiger partial charge in [-0.25, -0.2) is 4.79 Å². The highest BCUT2D eigenvalue weighted by Gasteiger charge is 2.28. The quantitative estimate of drug-likeness (QED) is 0.834. The summed E-state index contributed by atoms with van der Waals surface area (Å²) in [5.41, 5.74) is 3.64. The predicted octanol–water partition coefficient (Wildman–Crippen LogP) is 4.19. The highest BCUT2D eigenvalue weighted by atomic mass is 16.5. The number of hydrogen-bond acceptors (Lipinski definition) is 3. The Labute approximate surface area is 165 Å². The number of rotatable bonds is 4. The van der Waals surface area contributed by atoms with E-state index in [-0.39, 0.29) is 17.9 Å². The monoisotopic (exact) mass is 381 g/mol. The van der Waals surface area contributed by atoms with Gasteiger partial charge in [0.15, 0.2) is 0 Å². The second-order valence-electron chi connectivity index (χ2n) is 7.20. The van der Waals surface area contributed by atoms with Crippen LogP contribution in [-0.4, -0.2) is 37.0 Å². The topological polar surface area (TPSA) is 70.7 Å². The fourth-order valence-corrected chi connectivity index (χ4v) is 3.39. The van der Waals surface area contributed by atoms with E-state index in [9.17, 15) is 9.59 Å². The maximum atomic E-state index is 12.6. The number of benzene rings is 2. The number of methoxy groups -OCH3 is 1. The van der Waals surface area contributed by atoms with Crippen LogP contribution in [0.5, 0.6) is 5.75 Å². The largest absolute Gasteiger partial charge is 0.495 e. The van der Waals surface area contributed by atoms with Gasteiger partial charge in [-0.2, -0.15) is 0 Å². The van der Waals surface area contributed by atoms with E-state index in [1.54, 1.807) is 12.0 Å². The van der Waals surface area contributed by atoms with Crippen LogP contribution in [0.4, 0.5) is 16.2 Å². The van der Waals surface area contributed by atoms with Crippen molar-refractivity contribution in [3.63, 3.8) is 0 Å². The molecule has 1 heterocycles. The number of anilines is 2. The number of carbonyl (C=O) groups excluding carboxylic acids is 2. The van der Waals surface area contributed by atoms with E-state index in [0.717, 1.165) is 16.8 Å². The van der Waals surface area contributed by atoms with Crippen LogP contribution >= 0.6 is 0 Å². The minimum Gasteiger partial charge on any atom is -0.495 e. The third-order valence-electron chi connectivity index (χ3n) is 5.15. The number of para-hydroxylation sites is 2. The molecule has 1 fully saturated rings. The smallest absolute Gasteiger partial charge is 0.321 e. The lowest BCUT2D eigenvalue weighted by atomic mass is 9.96. The summed E-state index contributed by atoms with van der Waals surface area (Å²) in [5.74, 6) is 0.495. The van der Waals surface area contributed by atoms with Gasteiger partial charge in [-0.1, -0.05) is 24.3 Å². The summed E-state index contributed by atoms with van der Waals surface area (Å²) in [4.78, 5) is 27.0. The zero-order chi connectivity index (χ0) is 20.1. The molecule has 1 aliphatic heterocycles. The third-order valence-corrected chi connectivity index (χ3v) is 5.15. The van der Waals surface area contributed by atoms with Crippen molar-refractivity contribution < 1.29 is 14.3 Å². The summed E-state index contributed by atoms with van der Waals surface area (Å²) in [6.45, 7) is 5.09. The van der Waals surface area contributed by atoms with Gasteiger partial charge >= 0.3 is 6.03 Å². The van der Waals surface area contributed by atoms with E-state index in [4.69, 9.17) is 4.74 Å². The molecule has 148 valence electrons. The predicted molar refractivity (Wildman–Crippen MR) is 111 cm³/mol. The van der Waals surface area contributed by atoms with E-state index in [2.05, 4.69) is 10.6 Å². The number of piperidine rings is 1. The normalized spacial score (nSPS) is 14.5. The molecule has 3 amide bonds. The van der Waals surface area contributed by atoms with Crippen LogP contribution in [0.25, 0.3) is 0 Å². The van der Waals surface area contributed by atoms with Gasteiger partial charge in [0.2, 0.25) is 5.91 Å². The molecule has 0 radical (unpaired) electrons. The molecule has 2 aromatic rings. The molecule has 0 saturated carbocycles. The standard InChI is InChI=1S/C22H27N3O3/c1-15-8-9-16(2)19(14-15)24-22(27)25-12-10-17(11-13-25)21(26)23-18-6-4-5-7-20(18)28-3/h4-9,14,17H,10-13H2,1-3H3,(H,23,26)(H,24,27). The van der Waals surface area contributed by atoms with Crippen LogP contribution < -0.4 is 15.4 Å². The SMILES string of the molecule is COc1ccccc1NC(=O)C1CCN(C(=O)Nc2cc(C)ccc2C)CC1. The molecular weight excluding hydrogens is 354 g/mol. The first kappa shape index (κ1) is 19.7. The molecule has 28 heavy (non-hydrogen) atoms. The minimum absolute atomic E-state index is 0.0286. The average Bonchev–Trinajstić information content (AvgIpc) is 2.71. The van der Waals surface area contributed by atoms with Crippen LogP contribution in [-0.2, 0) is 4.79 Å². The van der Waals surface area contributed by atoms with Crippen LogP contribution in [0.1, 0.15) is 24.0 Å². The van der Waals surface area contributed by atoms with Gasteiger partial charge in [0.25, 0.3) is 0 Å².